The summed E-state index contributed by atoms with van der Waals surface area (Å²) in [5.41, 5.74) is 5.29. The molecule has 0 spiro atoms. The molecule has 1 aliphatic rings. The first-order valence-corrected chi connectivity index (χ1v) is 7.53. The molecule has 1 fully saturated rings. The van der Waals surface area contributed by atoms with Crippen LogP contribution in [-0.2, 0) is 9.59 Å². The second-order valence-corrected chi connectivity index (χ2v) is 5.80. The molecule has 8 nitrogen and oxygen atoms in total. The molecule has 1 aromatic rings. The van der Waals surface area contributed by atoms with E-state index in [-0.39, 0.29) is 53.0 Å². The van der Waals surface area contributed by atoms with E-state index >= 15 is 0 Å². The van der Waals surface area contributed by atoms with Gasteiger partial charge in [0.15, 0.2) is 18.1 Å². The Balaban J connectivity index is 2.15. The van der Waals surface area contributed by atoms with Crippen molar-refractivity contribution in [2.45, 2.75) is 12.5 Å². The van der Waals surface area contributed by atoms with E-state index in [1.165, 1.54) is 19.2 Å². The first kappa shape index (κ1) is 17.9. The maximum absolute atomic E-state index is 12.3. The number of benzene rings is 1. The molecule has 1 unspecified atom stereocenters. The molecule has 1 saturated heterocycles. The zero-order valence-corrected chi connectivity index (χ0v) is 14.1. The Bertz CT molecular complexity index is 679. The van der Waals surface area contributed by atoms with Crippen LogP contribution in [0.2, 0.25) is 5.02 Å². The fraction of sp³-hybridized carbons (Fsp3) is 0.400. The largest absolute Gasteiger partial charge is 0.493 e. The Hall–Kier alpha value is -2.48. The molecule has 0 aromatic heterocycles. The van der Waals surface area contributed by atoms with Crippen LogP contribution >= 0.6 is 11.6 Å². The minimum Gasteiger partial charge on any atom is -0.493 e. The topological polar surface area (TPSA) is 111 Å². The lowest BCUT2D eigenvalue weighted by Gasteiger charge is -2.15. The third-order valence-corrected chi connectivity index (χ3v) is 3.81. The molecule has 3 amide bonds. The van der Waals surface area contributed by atoms with Crippen LogP contribution in [-0.4, -0.2) is 56.0 Å². The van der Waals surface area contributed by atoms with Gasteiger partial charge in [0.1, 0.15) is 0 Å². The number of ether oxygens (including phenoxy) is 2. The fourth-order valence-electron chi connectivity index (χ4n) is 2.36. The summed E-state index contributed by atoms with van der Waals surface area (Å²) in [6.45, 7) is 0.0907. The Labute approximate surface area is 143 Å². The number of halogens is 1. The molecule has 0 bridgehead atoms. The van der Waals surface area contributed by atoms with Crippen molar-refractivity contribution in [2.75, 3.05) is 27.3 Å². The van der Waals surface area contributed by atoms with E-state index in [2.05, 4.69) is 5.32 Å². The van der Waals surface area contributed by atoms with Gasteiger partial charge in [-0.05, 0) is 12.1 Å². The highest BCUT2D eigenvalue weighted by atomic mass is 35.5. The van der Waals surface area contributed by atoms with Crippen LogP contribution in [0.15, 0.2) is 12.1 Å². The average Bonchev–Trinajstić information content (AvgIpc) is 2.82. The standard InChI is InChI=1S/C15H18ClN3O5/c1-19-6-9(5-13(19)21)18-15(22)8-3-10(16)14(11(4-8)23-2)24-7-12(17)20/h3-4,9H,5-7H2,1-2H3,(H2,17,20)(H,18,22). The van der Waals surface area contributed by atoms with Gasteiger partial charge < -0.3 is 25.4 Å². The molecular weight excluding hydrogens is 338 g/mol. The number of rotatable bonds is 6. The monoisotopic (exact) mass is 355 g/mol. The number of carbonyl (C=O) groups is 3. The number of hydrogen-bond acceptors (Lipinski definition) is 5. The van der Waals surface area contributed by atoms with Crippen molar-refractivity contribution in [1.29, 1.82) is 0 Å². The van der Waals surface area contributed by atoms with Crippen molar-refractivity contribution in [2.24, 2.45) is 5.73 Å². The number of hydrogen-bond donors (Lipinski definition) is 2. The van der Waals surface area contributed by atoms with Crippen LogP contribution in [0.4, 0.5) is 0 Å². The van der Waals surface area contributed by atoms with Crippen molar-refractivity contribution in [3.63, 3.8) is 0 Å². The van der Waals surface area contributed by atoms with E-state index in [1.807, 2.05) is 0 Å². The van der Waals surface area contributed by atoms with E-state index in [4.69, 9.17) is 26.8 Å². The van der Waals surface area contributed by atoms with Crippen LogP contribution in [0.5, 0.6) is 11.5 Å². The Kier molecular flexibility index (Phi) is 5.50. The van der Waals surface area contributed by atoms with Crippen molar-refractivity contribution in [1.82, 2.24) is 10.2 Å². The van der Waals surface area contributed by atoms with E-state index in [1.54, 1.807) is 11.9 Å². The summed E-state index contributed by atoms with van der Waals surface area (Å²) in [5.74, 6) is -0.736. The van der Waals surface area contributed by atoms with Gasteiger partial charge in [-0.1, -0.05) is 11.6 Å². The lowest BCUT2D eigenvalue weighted by Crippen LogP contribution is -2.36. The van der Waals surface area contributed by atoms with Gasteiger partial charge in [0.25, 0.3) is 11.8 Å². The van der Waals surface area contributed by atoms with Gasteiger partial charge in [-0.15, -0.1) is 0 Å². The first-order valence-electron chi connectivity index (χ1n) is 7.15. The zero-order chi connectivity index (χ0) is 17.9. The second-order valence-electron chi connectivity index (χ2n) is 5.39. The normalized spacial score (nSPS) is 16.9. The van der Waals surface area contributed by atoms with Crippen LogP contribution in [0.1, 0.15) is 16.8 Å². The molecule has 3 N–H and O–H groups in total. The minimum absolute atomic E-state index is 0.0221. The highest BCUT2D eigenvalue weighted by Crippen LogP contribution is 2.36. The highest BCUT2D eigenvalue weighted by Gasteiger charge is 2.28. The lowest BCUT2D eigenvalue weighted by molar-refractivity contribution is -0.126. The molecule has 0 saturated carbocycles. The number of nitrogens with two attached hydrogens (primary N) is 1. The van der Waals surface area contributed by atoms with Gasteiger partial charge in [-0.2, -0.15) is 0 Å². The molecule has 1 aromatic carbocycles. The number of likely N-dealkylation sites (N-methyl/N-ethyl adjacent to an activating group) is 1. The number of likely N-dealkylation sites (tertiary alicyclic amines) is 1. The molecule has 1 aliphatic heterocycles. The maximum Gasteiger partial charge on any atom is 0.255 e. The Morgan fingerprint density at radius 2 is 2.17 bits per heavy atom. The quantitative estimate of drug-likeness (QED) is 0.755. The van der Waals surface area contributed by atoms with Gasteiger partial charge in [0, 0.05) is 25.6 Å². The van der Waals surface area contributed by atoms with E-state index < -0.39 is 5.91 Å². The lowest BCUT2D eigenvalue weighted by atomic mass is 10.1. The van der Waals surface area contributed by atoms with Crippen LogP contribution in [0.3, 0.4) is 0 Å². The summed E-state index contributed by atoms with van der Waals surface area (Å²) in [5, 5.41) is 2.89. The highest BCUT2D eigenvalue weighted by molar-refractivity contribution is 6.32. The third kappa shape index (κ3) is 4.08. The molecule has 1 heterocycles. The van der Waals surface area contributed by atoms with Crippen LogP contribution in [0.25, 0.3) is 0 Å². The van der Waals surface area contributed by atoms with Gasteiger partial charge in [-0.3, -0.25) is 14.4 Å². The van der Waals surface area contributed by atoms with Gasteiger partial charge in [-0.25, -0.2) is 0 Å². The molecule has 0 radical (unpaired) electrons. The Morgan fingerprint density at radius 3 is 2.71 bits per heavy atom. The van der Waals surface area contributed by atoms with Crippen molar-refractivity contribution in [3.8, 4) is 11.5 Å². The zero-order valence-electron chi connectivity index (χ0n) is 13.3. The predicted octanol–water partition coefficient (Wildman–Crippen LogP) is 0.173. The molecule has 0 aliphatic carbocycles. The van der Waals surface area contributed by atoms with E-state index in [0.29, 0.717) is 6.54 Å². The first-order chi connectivity index (χ1) is 11.3. The van der Waals surface area contributed by atoms with Crippen molar-refractivity contribution >= 4 is 29.3 Å². The number of methoxy groups -OCH3 is 1. The van der Waals surface area contributed by atoms with Crippen LogP contribution < -0.4 is 20.5 Å². The van der Waals surface area contributed by atoms with E-state index in [0.717, 1.165) is 0 Å². The number of nitrogens with zero attached hydrogens (tertiary/aromatic N) is 1. The van der Waals surface area contributed by atoms with Gasteiger partial charge in [0.05, 0.1) is 18.2 Å². The summed E-state index contributed by atoms with van der Waals surface area (Å²) in [6, 6.07) is 2.58. The summed E-state index contributed by atoms with van der Waals surface area (Å²) >= 11 is 6.10. The molecule has 24 heavy (non-hydrogen) atoms. The summed E-state index contributed by atoms with van der Waals surface area (Å²) in [6.07, 6.45) is 0.257. The number of primary amides is 1. The number of amides is 3. The van der Waals surface area contributed by atoms with E-state index in [9.17, 15) is 14.4 Å². The molecular formula is C15H18ClN3O5. The van der Waals surface area contributed by atoms with Crippen molar-refractivity contribution in [3.05, 3.63) is 22.7 Å². The minimum atomic E-state index is -0.662. The summed E-state index contributed by atoms with van der Waals surface area (Å²) in [4.78, 5) is 36.2. The van der Waals surface area contributed by atoms with Crippen LogP contribution in [0, 0.1) is 0 Å². The third-order valence-electron chi connectivity index (χ3n) is 3.53. The molecule has 130 valence electrons. The molecule has 1 atom stereocenters. The number of nitrogens with one attached hydrogen (secondary N) is 1. The summed E-state index contributed by atoms with van der Waals surface area (Å²) < 4.78 is 10.4. The maximum atomic E-state index is 12.3. The van der Waals surface area contributed by atoms with Gasteiger partial charge in [0.2, 0.25) is 5.91 Å². The SMILES string of the molecule is COc1cc(C(=O)NC2CC(=O)N(C)C2)cc(Cl)c1OCC(N)=O. The van der Waals surface area contributed by atoms with Crippen molar-refractivity contribution < 1.29 is 23.9 Å². The second kappa shape index (κ2) is 7.39. The predicted molar refractivity (Wildman–Crippen MR) is 86.2 cm³/mol. The fourth-order valence-corrected chi connectivity index (χ4v) is 2.63. The van der Waals surface area contributed by atoms with Gasteiger partial charge >= 0.3 is 0 Å². The summed E-state index contributed by atoms with van der Waals surface area (Å²) in [7, 11) is 3.06. The average molecular weight is 356 g/mol. The molecule has 9 heteroatoms. The Morgan fingerprint density at radius 1 is 1.46 bits per heavy atom. The number of carbonyl (C=O) groups excluding carboxylic acids is 3. The smallest absolute Gasteiger partial charge is 0.255 e. The molecule has 2 rings (SSSR count).